The summed E-state index contributed by atoms with van der Waals surface area (Å²) < 4.78 is 0. The van der Waals surface area contributed by atoms with Gasteiger partial charge in [0.15, 0.2) is 0 Å². The minimum absolute atomic E-state index is 0.00535. The molecule has 0 aliphatic carbocycles. The van der Waals surface area contributed by atoms with Gasteiger partial charge in [-0.25, -0.2) is 9.97 Å². The van der Waals surface area contributed by atoms with Gasteiger partial charge >= 0.3 is 0 Å². The number of nitrogens with one attached hydrogen (secondary N) is 1. The number of hydrogen-bond acceptors (Lipinski definition) is 4. The highest BCUT2D eigenvalue weighted by atomic mass is 35.5. The van der Waals surface area contributed by atoms with E-state index in [0.29, 0.717) is 5.69 Å². The van der Waals surface area contributed by atoms with Gasteiger partial charge < -0.3 is 5.32 Å². The highest BCUT2D eigenvalue weighted by Gasteiger charge is 2.20. The Kier molecular flexibility index (Phi) is 5.51. The van der Waals surface area contributed by atoms with Crippen LogP contribution in [0.5, 0.6) is 0 Å². The maximum absolute atomic E-state index is 12.5. The lowest BCUT2D eigenvalue weighted by molar-refractivity contribution is 0.102. The number of halogens is 4. The van der Waals surface area contributed by atoms with Gasteiger partial charge in [0.2, 0.25) is 0 Å². The van der Waals surface area contributed by atoms with E-state index in [1.807, 2.05) is 24.4 Å². The molecule has 0 saturated heterocycles. The summed E-state index contributed by atoms with van der Waals surface area (Å²) in [7, 11) is 0. The summed E-state index contributed by atoms with van der Waals surface area (Å²) in [4.78, 5) is 20.8. The van der Waals surface area contributed by atoms with Gasteiger partial charge in [0.25, 0.3) is 5.91 Å². The second kappa shape index (κ2) is 7.48. The number of rotatable bonds is 3. The lowest BCUT2D eigenvalue weighted by atomic mass is 10.1. The van der Waals surface area contributed by atoms with Gasteiger partial charge in [-0.2, -0.15) is 0 Å². The van der Waals surface area contributed by atoms with E-state index in [0.717, 1.165) is 16.3 Å². The molecule has 25 heavy (non-hydrogen) atoms. The first kappa shape index (κ1) is 18.4. The maximum Gasteiger partial charge on any atom is 0.275 e. The topological polar surface area (TPSA) is 54.9 Å². The number of benzene rings is 1. The Morgan fingerprint density at radius 2 is 1.84 bits per heavy atom. The molecule has 0 atom stereocenters. The Labute approximate surface area is 167 Å². The predicted molar refractivity (Wildman–Crippen MR) is 105 cm³/mol. The lowest BCUT2D eigenvalue weighted by Gasteiger charge is -2.09. The molecule has 1 aromatic carbocycles. The van der Waals surface area contributed by atoms with E-state index < -0.39 is 5.91 Å². The van der Waals surface area contributed by atoms with Crippen molar-refractivity contribution in [2.75, 3.05) is 5.32 Å². The Morgan fingerprint density at radius 1 is 1.08 bits per heavy atom. The first-order valence-electron chi connectivity index (χ1n) is 6.90. The third-order valence-corrected chi connectivity index (χ3v) is 5.69. The van der Waals surface area contributed by atoms with Crippen molar-refractivity contribution in [3.05, 3.63) is 60.6 Å². The van der Waals surface area contributed by atoms with Crippen molar-refractivity contribution in [3.63, 3.8) is 0 Å². The van der Waals surface area contributed by atoms with E-state index in [4.69, 9.17) is 46.4 Å². The molecule has 3 aromatic rings. The quantitative estimate of drug-likeness (QED) is 0.488. The van der Waals surface area contributed by atoms with Crippen LogP contribution in [0.3, 0.4) is 0 Å². The average Bonchev–Trinajstić information content (AvgIpc) is 3.03. The lowest BCUT2D eigenvalue weighted by Crippen LogP contribution is -2.15. The molecule has 1 N–H and O–H groups in total. The molecule has 2 heterocycles. The summed E-state index contributed by atoms with van der Waals surface area (Å²) in [6.07, 6.45) is 0. The van der Waals surface area contributed by atoms with Crippen LogP contribution in [0.4, 0.5) is 5.69 Å². The minimum atomic E-state index is -0.544. The number of hydrogen-bond donors (Lipinski definition) is 1. The second-order valence-corrected chi connectivity index (χ2v) is 7.53. The van der Waals surface area contributed by atoms with E-state index in [1.165, 1.54) is 0 Å². The van der Waals surface area contributed by atoms with Gasteiger partial charge in [0.1, 0.15) is 10.8 Å². The van der Waals surface area contributed by atoms with Crippen molar-refractivity contribution in [2.24, 2.45) is 0 Å². The standard InChI is InChI=1S/C16H9Cl4N3OS/c1-7-21-10(6-25-7)8-3-2-4-9(5-8)22-16(24)14-12(18)11(17)13(19)15(20)23-14/h2-6H,1H3,(H,22,24). The van der Waals surface area contributed by atoms with Gasteiger partial charge in [-0.3, -0.25) is 4.79 Å². The molecule has 9 heteroatoms. The number of pyridine rings is 1. The van der Waals surface area contributed by atoms with Crippen molar-refractivity contribution >= 4 is 69.3 Å². The first-order valence-corrected chi connectivity index (χ1v) is 9.30. The zero-order valence-corrected chi connectivity index (χ0v) is 16.4. The Morgan fingerprint density at radius 3 is 2.52 bits per heavy atom. The molecule has 0 radical (unpaired) electrons. The van der Waals surface area contributed by atoms with E-state index >= 15 is 0 Å². The highest BCUT2D eigenvalue weighted by molar-refractivity contribution is 7.09. The fraction of sp³-hybridized carbons (Fsp3) is 0.0625. The molecule has 0 saturated carbocycles. The summed E-state index contributed by atoms with van der Waals surface area (Å²) >= 11 is 25.3. The predicted octanol–water partition coefficient (Wildman–Crippen LogP) is 6.38. The van der Waals surface area contributed by atoms with Crippen LogP contribution in [-0.4, -0.2) is 15.9 Å². The Bertz CT molecular complexity index is 974. The molecule has 0 unspecified atom stereocenters. The number of aryl methyl sites for hydroxylation is 1. The normalized spacial score (nSPS) is 10.8. The van der Waals surface area contributed by atoms with Crippen LogP contribution < -0.4 is 5.32 Å². The highest BCUT2D eigenvalue weighted by Crippen LogP contribution is 2.36. The van der Waals surface area contributed by atoms with Crippen LogP contribution >= 0.6 is 57.7 Å². The Hall–Kier alpha value is -1.37. The summed E-state index contributed by atoms with van der Waals surface area (Å²) in [6.45, 7) is 1.93. The summed E-state index contributed by atoms with van der Waals surface area (Å²) in [5.41, 5.74) is 2.19. The number of anilines is 1. The van der Waals surface area contributed by atoms with Gasteiger partial charge in [0.05, 0.1) is 25.8 Å². The molecule has 0 aliphatic heterocycles. The minimum Gasteiger partial charge on any atom is -0.321 e. The monoisotopic (exact) mass is 431 g/mol. The number of carbonyl (C=O) groups excluding carboxylic acids is 1. The van der Waals surface area contributed by atoms with Crippen LogP contribution in [0.25, 0.3) is 11.3 Å². The van der Waals surface area contributed by atoms with Crippen molar-refractivity contribution in [1.82, 2.24) is 9.97 Å². The third kappa shape index (κ3) is 3.91. The smallest absolute Gasteiger partial charge is 0.275 e. The van der Waals surface area contributed by atoms with Gasteiger partial charge in [-0.1, -0.05) is 58.5 Å². The van der Waals surface area contributed by atoms with E-state index in [9.17, 15) is 4.79 Å². The first-order chi connectivity index (χ1) is 11.9. The average molecular weight is 433 g/mol. The van der Waals surface area contributed by atoms with Crippen LogP contribution in [0, 0.1) is 6.92 Å². The molecule has 0 aliphatic rings. The fourth-order valence-electron chi connectivity index (χ4n) is 2.08. The van der Waals surface area contributed by atoms with Gasteiger partial charge in [-0.05, 0) is 19.1 Å². The molecule has 4 nitrogen and oxygen atoms in total. The number of nitrogens with zero attached hydrogens (tertiary/aromatic N) is 2. The maximum atomic E-state index is 12.5. The van der Waals surface area contributed by atoms with Crippen LogP contribution in [0.1, 0.15) is 15.5 Å². The number of carbonyl (C=O) groups is 1. The number of amides is 1. The zero-order valence-electron chi connectivity index (χ0n) is 12.6. The van der Waals surface area contributed by atoms with Crippen molar-refractivity contribution < 1.29 is 4.79 Å². The second-order valence-electron chi connectivity index (χ2n) is 4.98. The largest absolute Gasteiger partial charge is 0.321 e. The van der Waals surface area contributed by atoms with Crippen LogP contribution in [-0.2, 0) is 0 Å². The summed E-state index contributed by atoms with van der Waals surface area (Å²) in [5, 5.41) is 5.48. The van der Waals surface area contributed by atoms with Gasteiger partial charge in [-0.15, -0.1) is 11.3 Å². The molecule has 2 aromatic heterocycles. The molecule has 0 bridgehead atoms. The fourth-order valence-corrected chi connectivity index (χ4v) is 3.52. The van der Waals surface area contributed by atoms with Crippen LogP contribution in [0.2, 0.25) is 20.2 Å². The van der Waals surface area contributed by atoms with Crippen LogP contribution in [0.15, 0.2) is 29.6 Å². The van der Waals surface area contributed by atoms with Gasteiger partial charge in [0, 0.05) is 16.6 Å². The molecule has 1 amide bonds. The third-order valence-electron chi connectivity index (χ3n) is 3.23. The SMILES string of the molecule is Cc1nc(-c2cccc(NC(=O)c3nc(Cl)c(Cl)c(Cl)c3Cl)c2)cs1. The zero-order chi connectivity index (χ0) is 18.1. The van der Waals surface area contributed by atoms with E-state index in [1.54, 1.807) is 23.5 Å². The molecular weight excluding hydrogens is 424 g/mol. The molecular formula is C16H9Cl4N3OS. The molecule has 128 valence electrons. The van der Waals surface area contributed by atoms with Crippen molar-refractivity contribution in [3.8, 4) is 11.3 Å². The number of thiazole rings is 1. The van der Waals surface area contributed by atoms with E-state index in [2.05, 4.69) is 15.3 Å². The molecule has 3 rings (SSSR count). The van der Waals surface area contributed by atoms with E-state index in [-0.39, 0.29) is 25.9 Å². The van der Waals surface area contributed by atoms with Crippen molar-refractivity contribution in [1.29, 1.82) is 0 Å². The summed E-state index contributed by atoms with van der Waals surface area (Å²) in [5.74, 6) is -0.544. The Balaban J connectivity index is 1.89. The summed E-state index contributed by atoms with van der Waals surface area (Å²) in [6, 6.07) is 7.27. The molecule has 0 spiro atoms. The number of aromatic nitrogens is 2. The molecule has 0 fully saturated rings. The van der Waals surface area contributed by atoms with Crippen molar-refractivity contribution in [2.45, 2.75) is 6.92 Å².